The molecular formula is C20H20BrN3OS. The van der Waals surface area contributed by atoms with Crippen LogP contribution >= 0.6 is 27.3 Å². The van der Waals surface area contributed by atoms with Gasteiger partial charge in [0.15, 0.2) is 0 Å². The van der Waals surface area contributed by atoms with Gasteiger partial charge in [-0.2, -0.15) is 0 Å². The Bertz CT molecular complexity index is 981. The van der Waals surface area contributed by atoms with Gasteiger partial charge < -0.3 is 11.1 Å². The number of aryl methyl sites for hydroxylation is 1. The van der Waals surface area contributed by atoms with Gasteiger partial charge in [0, 0.05) is 21.2 Å². The maximum atomic E-state index is 12.7. The number of halogens is 1. The smallest absolute Gasteiger partial charge is 0.267 e. The number of nitrogens with one attached hydrogen (secondary N) is 1. The zero-order chi connectivity index (χ0) is 18.3. The van der Waals surface area contributed by atoms with Gasteiger partial charge in [0.1, 0.15) is 9.71 Å². The molecule has 0 aliphatic heterocycles. The van der Waals surface area contributed by atoms with Crippen molar-refractivity contribution in [1.29, 1.82) is 0 Å². The number of nitrogen functional groups attached to an aromatic ring is 1. The largest absolute Gasteiger partial charge is 0.397 e. The van der Waals surface area contributed by atoms with Crippen molar-refractivity contribution >= 4 is 54.8 Å². The molecule has 134 valence electrons. The van der Waals surface area contributed by atoms with Crippen LogP contribution in [0, 0.1) is 5.92 Å². The van der Waals surface area contributed by atoms with Crippen LogP contribution in [0.4, 0.5) is 11.4 Å². The Morgan fingerprint density at radius 2 is 2.15 bits per heavy atom. The van der Waals surface area contributed by atoms with E-state index in [1.807, 2.05) is 24.3 Å². The van der Waals surface area contributed by atoms with Crippen molar-refractivity contribution in [2.75, 3.05) is 11.1 Å². The minimum Gasteiger partial charge on any atom is -0.397 e. The average Bonchev–Trinajstić information content (AvgIpc) is 2.97. The van der Waals surface area contributed by atoms with Crippen molar-refractivity contribution in [2.24, 2.45) is 5.92 Å². The van der Waals surface area contributed by atoms with Gasteiger partial charge in [-0.25, -0.2) is 4.98 Å². The van der Waals surface area contributed by atoms with Crippen LogP contribution in [0.15, 0.2) is 34.8 Å². The third kappa shape index (κ3) is 3.23. The van der Waals surface area contributed by atoms with E-state index in [1.165, 1.54) is 35.4 Å². The molecule has 0 spiro atoms. The number of benzene rings is 1. The topological polar surface area (TPSA) is 68.0 Å². The number of hydrogen-bond acceptors (Lipinski definition) is 4. The molecule has 4 nitrogen and oxygen atoms in total. The van der Waals surface area contributed by atoms with Gasteiger partial charge in [0.2, 0.25) is 0 Å². The fourth-order valence-corrected chi connectivity index (χ4v) is 4.76. The standard InChI is InChI=1S/C20H20BrN3OS/c1-2-11-3-8-16-12(9-11)10-15-17(22)18(26-20(15)24-16)19(25)23-14-6-4-13(21)5-7-14/h4-7,10-11H,2-3,8-9,22H2,1H3,(H,23,25)/t11-/m1/s1. The molecule has 0 fully saturated rings. The normalized spacial score (nSPS) is 16.5. The van der Waals surface area contributed by atoms with Crippen LogP contribution in [-0.2, 0) is 12.8 Å². The number of carbonyl (C=O) groups excluding carboxylic acids is 1. The molecule has 3 aromatic rings. The van der Waals surface area contributed by atoms with E-state index in [4.69, 9.17) is 10.7 Å². The molecule has 1 atom stereocenters. The van der Waals surface area contributed by atoms with Crippen LogP contribution in [-0.4, -0.2) is 10.9 Å². The first-order valence-electron chi connectivity index (χ1n) is 8.82. The summed E-state index contributed by atoms with van der Waals surface area (Å²) in [7, 11) is 0. The molecule has 2 aromatic heterocycles. The lowest BCUT2D eigenvalue weighted by Crippen LogP contribution is -2.14. The molecule has 3 N–H and O–H groups in total. The third-order valence-electron chi connectivity index (χ3n) is 5.07. The fraction of sp³-hybridized carbons (Fsp3) is 0.300. The lowest BCUT2D eigenvalue weighted by molar-refractivity contribution is 0.103. The predicted molar refractivity (Wildman–Crippen MR) is 112 cm³/mol. The number of anilines is 2. The Balaban J connectivity index is 1.67. The number of nitrogens with two attached hydrogens (primary N) is 1. The number of aromatic nitrogens is 1. The van der Waals surface area contributed by atoms with E-state index < -0.39 is 0 Å². The summed E-state index contributed by atoms with van der Waals surface area (Å²) in [5.41, 5.74) is 10.1. The van der Waals surface area contributed by atoms with Crippen LogP contribution < -0.4 is 11.1 Å². The van der Waals surface area contributed by atoms with Crippen LogP contribution in [0.5, 0.6) is 0 Å². The average molecular weight is 430 g/mol. The molecule has 0 saturated heterocycles. The Morgan fingerprint density at radius 1 is 1.38 bits per heavy atom. The monoisotopic (exact) mass is 429 g/mol. The lowest BCUT2D eigenvalue weighted by atomic mass is 9.85. The molecule has 6 heteroatoms. The lowest BCUT2D eigenvalue weighted by Gasteiger charge is -2.22. The molecule has 0 saturated carbocycles. The second-order valence-corrected chi connectivity index (χ2v) is 8.68. The van der Waals surface area contributed by atoms with E-state index in [0.29, 0.717) is 10.6 Å². The molecular weight excluding hydrogens is 410 g/mol. The quantitative estimate of drug-likeness (QED) is 0.584. The zero-order valence-electron chi connectivity index (χ0n) is 14.5. The predicted octanol–water partition coefficient (Wildman–Crippen LogP) is 5.41. The molecule has 1 aliphatic carbocycles. The van der Waals surface area contributed by atoms with Gasteiger partial charge in [0.25, 0.3) is 5.91 Å². The summed E-state index contributed by atoms with van der Waals surface area (Å²) in [6.45, 7) is 2.24. The van der Waals surface area contributed by atoms with E-state index >= 15 is 0 Å². The van der Waals surface area contributed by atoms with Crippen molar-refractivity contribution in [1.82, 2.24) is 4.98 Å². The fourth-order valence-electron chi connectivity index (χ4n) is 3.50. The van der Waals surface area contributed by atoms with Crippen LogP contribution in [0.3, 0.4) is 0 Å². The summed E-state index contributed by atoms with van der Waals surface area (Å²) >= 11 is 4.77. The highest BCUT2D eigenvalue weighted by Gasteiger charge is 2.23. The molecule has 0 radical (unpaired) electrons. The summed E-state index contributed by atoms with van der Waals surface area (Å²) < 4.78 is 0.969. The number of hydrogen-bond donors (Lipinski definition) is 2. The van der Waals surface area contributed by atoms with Crippen molar-refractivity contribution in [3.05, 3.63) is 50.9 Å². The molecule has 4 rings (SSSR count). The molecule has 0 unspecified atom stereocenters. The van der Waals surface area contributed by atoms with Gasteiger partial charge in [0.05, 0.1) is 5.69 Å². The SMILES string of the molecule is CC[C@@H]1CCc2nc3sc(C(=O)Nc4ccc(Br)cc4)c(N)c3cc2C1. The number of thiophene rings is 1. The minimum absolute atomic E-state index is 0.183. The second kappa shape index (κ2) is 7.00. The first kappa shape index (κ1) is 17.5. The highest BCUT2D eigenvalue weighted by Crippen LogP contribution is 2.37. The minimum atomic E-state index is -0.183. The molecule has 1 aromatic carbocycles. The molecule has 2 heterocycles. The number of pyridine rings is 1. The highest BCUT2D eigenvalue weighted by molar-refractivity contribution is 9.10. The van der Waals surface area contributed by atoms with Gasteiger partial charge in [-0.05, 0) is 61.1 Å². The second-order valence-electron chi connectivity index (χ2n) is 6.77. The number of amides is 1. The molecule has 0 bridgehead atoms. The molecule has 1 amide bonds. The van der Waals surface area contributed by atoms with Gasteiger partial charge in [-0.3, -0.25) is 4.79 Å². The Morgan fingerprint density at radius 3 is 2.88 bits per heavy atom. The van der Waals surface area contributed by atoms with E-state index in [-0.39, 0.29) is 5.91 Å². The van der Waals surface area contributed by atoms with Crippen molar-refractivity contribution in [3.8, 4) is 0 Å². The van der Waals surface area contributed by atoms with Crippen molar-refractivity contribution in [2.45, 2.75) is 32.6 Å². The Labute approximate surface area is 164 Å². The number of carbonyl (C=O) groups is 1. The van der Waals surface area contributed by atoms with E-state index in [2.05, 4.69) is 34.2 Å². The molecule has 1 aliphatic rings. The maximum Gasteiger partial charge on any atom is 0.267 e. The van der Waals surface area contributed by atoms with Crippen LogP contribution in [0.2, 0.25) is 0 Å². The van der Waals surface area contributed by atoms with Crippen LogP contribution in [0.1, 0.15) is 40.7 Å². The van der Waals surface area contributed by atoms with Crippen molar-refractivity contribution < 1.29 is 4.79 Å². The summed E-state index contributed by atoms with van der Waals surface area (Å²) in [4.78, 5) is 18.9. The number of rotatable bonds is 3. The summed E-state index contributed by atoms with van der Waals surface area (Å²) in [5.74, 6) is 0.541. The number of fused-ring (bicyclic) bond motifs is 2. The van der Waals surface area contributed by atoms with E-state index in [0.717, 1.165) is 39.1 Å². The maximum absolute atomic E-state index is 12.7. The third-order valence-corrected chi connectivity index (χ3v) is 6.72. The Hall–Kier alpha value is -1.92. The van der Waals surface area contributed by atoms with Gasteiger partial charge in [-0.15, -0.1) is 11.3 Å². The van der Waals surface area contributed by atoms with Crippen molar-refractivity contribution in [3.63, 3.8) is 0 Å². The zero-order valence-corrected chi connectivity index (χ0v) is 16.9. The van der Waals surface area contributed by atoms with E-state index in [9.17, 15) is 4.79 Å². The first-order chi connectivity index (χ1) is 12.5. The summed E-state index contributed by atoms with van der Waals surface area (Å²) in [6, 6.07) is 9.65. The van der Waals surface area contributed by atoms with Crippen LogP contribution in [0.25, 0.3) is 10.2 Å². The van der Waals surface area contributed by atoms with Gasteiger partial charge in [-0.1, -0.05) is 29.3 Å². The Kier molecular flexibility index (Phi) is 4.71. The summed E-state index contributed by atoms with van der Waals surface area (Å²) in [6.07, 6.45) is 4.46. The number of nitrogens with zero attached hydrogens (tertiary/aromatic N) is 1. The van der Waals surface area contributed by atoms with Gasteiger partial charge >= 0.3 is 0 Å². The summed E-state index contributed by atoms with van der Waals surface area (Å²) in [5, 5.41) is 3.82. The first-order valence-corrected chi connectivity index (χ1v) is 10.4. The highest BCUT2D eigenvalue weighted by atomic mass is 79.9. The molecule has 26 heavy (non-hydrogen) atoms. The van der Waals surface area contributed by atoms with E-state index in [1.54, 1.807) is 0 Å².